The number of ether oxygens (including phenoxy) is 1. The summed E-state index contributed by atoms with van der Waals surface area (Å²) in [6.07, 6.45) is 8.31. The Labute approximate surface area is 124 Å². The van der Waals surface area contributed by atoms with Crippen molar-refractivity contribution < 1.29 is 9.84 Å². The highest BCUT2D eigenvalue weighted by Gasteiger charge is 2.54. The second kappa shape index (κ2) is 5.94. The predicted octanol–water partition coefficient (Wildman–Crippen LogP) is 3.24. The van der Waals surface area contributed by atoms with Crippen LogP contribution in [0.4, 0.5) is 0 Å². The summed E-state index contributed by atoms with van der Waals surface area (Å²) in [6.45, 7) is 7.84. The number of rotatable bonds is 4. The number of hydrogen-bond donors (Lipinski definition) is 2. The first kappa shape index (κ1) is 16.3. The summed E-state index contributed by atoms with van der Waals surface area (Å²) in [4.78, 5) is 0. The molecular formula is C17H33NO2. The average molecular weight is 283 g/mol. The normalized spacial score (nSPS) is 46.4. The van der Waals surface area contributed by atoms with Gasteiger partial charge in [0, 0.05) is 24.8 Å². The highest BCUT2D eigenvalue weighted by atomic mass is 16.5. The van der Waals surface area contributed by atoms with Gasteiger partial charge in [0.25, 0.3) is 0 Å². The first-order valence-electron chi connectivity index (χ1n) is 8.49. The van der Waals surface area contributed by atoms with E-state index in [-0.39, 0.29) is 11.0 Å². The zero-order valence-electron chi connectivity index (χ0n) is 13.6. The minimum absolute atomic E-state index is 0.0844. The number of hydrogen-bond acceptors (Lipinski definition) is 3. The molecule has 118 valence electrons. The molecule has 1 aliphatic carbocycles. The van der Waals surface area contributed by atoms with E-state index < -0.39 is 5.60 Å². The van der Waals surface area contributed by atoms with E-state index in [4.69, 9.17) is 10.5 Å². The van der Waals surface area contributed by atoms with E-state index in [1.54, 1.807) is 0 Å². The van der Waals surface area contributed by atoms with E-state index in [9.17, 15) is 5.11 Å². The van der Waals surface area contributed by atoms with E-state index >= 15 is 0 Å². The summed E-state index contributed by atoms with van der Waals surface area (Å²) in [5.41, 5.74) is 5.27. The van der Waals surface area contributed by atoms with Gasteiger partial charge in [-0.1, -0.05) is 20.3 Å². The highest BCUT2D eigenvalue weighted by molar-refractivity contribution is 5.06. The van der Waals surface area contributed by atoms with Gasteiger partial charge in [-0.2, -0.15) is 0 Å². The molecular weight excluding hydrogens is 250 g/mol. The van der Waals surface area contributed by atoms with Gasteiger partial charge in [-0.15, -0.1) is 0 Å². The van der Waals surface area contributed by atoms with Crippen molar-refractivity contribution in [2.45, 2.75) is 83.3 Å². The van der Waals surface area contributed by atoms with Crippen LogP contribution in [0.15, 0.2) is 0 Å². The summed E-state index contributed by atoms with van der Waals surface area (Å²) < 4.78 is 5.93. The smallest absolute Gasteiger partial charge is 0.0765 e. The lowest BCUT2D eigenvalue weighted by Gasteiger charge is -2.55. The molecule has 3 nitrogen and oxygen atoms in total. The largest absolute Gasteiger partial charge is 0.389 e. The molecule has 0 aromatic carbocycles. The van der Waals surface area contributed by atoms with Crippen molar-refractivity contribution in [2.24, 2.45) is 17.1 Å². The van der Waals surface area contributed by atoms with Crippen molar-refractivity contribution >= 4 is 0 Å². The van der Waals surface area contributed by atoms with Gasteiger partial charge in [-0.3, -0.25) is 0 Å². The molecule has 1 aliphatic heterocycles. The maximum absolute atomic E-state index is 11.4. The van der Waals surface area contributed by atoms with Gasteiger partial charge in [0.15, 0.2) is 0 Å². The van der Waals surface area contributed by atoms with Gasteiger partial charge in [0.2, 0.25) is 0 Å². The molecule has 0 radical (unpaired) electrons. The van der Waals surface area contributed by atoms with Crippen LogP contribution < -0.4 is 5.73 Å². The Morgan fingerprint density at radius 3 is 2.35 bits per heavy atom. The lowest BCUT2D eigenvalue weighted by Crippen LogP contribution is -2.60. The Balaban J connectivity index is 2.17. The molecule has 0 spiro atoms. The van der Waals surface area contributed by atoms with Crippen molar-refractivity contribution in [3.63, 3.8) is 0 Å². The molecule has 0 bridgehead atoms. The summed E-state index contributed by atoms with van der Waals surface area (Å²) in [5.74, 6) is 0.829. The lowest BCUT2D eigenvalue weighted by molar-refractivity contribution is -0.208. The molecule has 2 unspecified atom stereocenters. The summed E-state index contributed by atoms with van der Waals surface area (Å²) in [7, 11) is 0. The van der Waals surface area contributed by atoms with Crippen LogP contribution in [0.25, 0.3) is 0 Å². The fraction of sp³-hybridized carbons (Fsp3) is 1.00. The Morgan fingerprint density at radius 1 is 1.20 bits per heavy atom. The molecule has 2 fully saturated rings. The molecule has 2 aliphatic rings. The average Bonchev–Trinajstić information content (AvgIpc) is 2.47. The van der Waals surface area contributed by atoms with Crippen molar-refractivity contribution in [1.82, 2.24) is 0 Å². The molecule has 3 N–H and O–H groups in total. The van der Waals surface area contributed by atoms with E-state index in [0.717, 1.165) is 38.0 Å². The topological polar surface area (TPSA) is 55.5 Å². The lowest BCUT2D eigenvalue weighted by atomic mass is 9.57. The Bertz CT molecular complexity index is 325. The summed E-state index contributed by atoms with van der Waals surface area (Å²) in [6, 6.07) is 0. The third kappa shape index (κ3) is 2.77. The van der Waals surface area contributed by atoms with Crippen molar-refractivity contribution in [3.8, 4) is 0 Å². The molecule has 1 saturated heterocycles. The van der Waals surface area contributed by atoms with Crippen molar-refractivity contribution in [3.05, 3.63) is 0 Å². The van der Waals surface area contributed by atoms with Crippen LogP contribution in [-0.4, -0.2) is 29.5 Å². The van der Waals surface area contributed by atoms with Crippen molar-refractivity contribution in [1.29, 1.82) is 0 Å². The Kier molecular flexibility index (Phi) is 4.83. The highest BCUT2D eigenvalue weighted by Crippen LogP contribution is 2.52. The first-order valence-corrected chi connectivity index (χ1v) is 8.49. The molecule has 0 amide bonds. The van der Waals surface area contributed by atoms with E-state index in [0.29, 0.717) is 13.2 Å². The zero-order valence-corrected chi connectivity index (χ0v) is 13.6. The van der Waals surface area contributed by atoms with Gasteiger partial charge < -0.3 is 15.6 Å². The fourth-order valence-corrected chi connectivity index (χ4v) is 4.40. The van der Waals surface area contributed by atoms with Crippen LogP contribution in [0.3, 0.4) is 0 Å². The zero-order chi connectivity index (χ0) is 14.9. The second-order valence-corrected chi connectivity index (χ2v) is 7.45. The third-order valence-corrected chi connectivity index (χ3v) is 6.40. The van der Waals surface area contributed by atoms with Gasteiger partial charge in [-0.05, 0) is 44.9 Å². The SMILES string of the molecule is CCC1CCC(CN)(C2(O)CCOC(C)(CC)C2)CC1. The molecule has 1 heterocycles. The second-order valence-electron chi connectivity index (χ2n) is 7.45. The van der Waals surface area contributed by atoms with E-state index in [1.165, 1.54) is 19.3 Å². The maximum Gasteiger partial charge on any atom is 0.0765 e. The van der Waals surface area contributed by atoms with Crippen molar-refractivity contribution in [2.75, 3.05) is 13.2 Å². The van der Waals surface area contributed by atoms with Gasteiger partial charge in [-0.25, -0.2) is 0 Å². The predicted molar refractivity (Wildman–Crippen MR) is 82.6 cm³/mol. The molecule has 1 saturated carbocycles. The Morgan fingerprint density at radius 2 is 1.85 bits per heavy atom. The summed E-state index contributed by atoms with van der Waals surface area (Å²) >= 11 is 0. The third-order valence-electron chi connectivity index (χ3n) is 6.40. The van der Waals surface area contributed by atoms with Gasteiger partial charge in [0.05, 0.1) is 17.8 Å². The number of aliphatic hydroxyl groups is 1. The minimum atomic E-state index is -0.635. The molecule has 2 rings (SSSR count). The van der Waals surface area contributed by atoms with Crippen LogP contribution in [0.1, 0.15) is 72.1 Å². The van der Waals surface area contributed by atoms with Crippen LogP contribution in [0.2, 0.25) is 0 Å². The molecule has 0 aromatic heterocycles. The summed E-state index contributed by atoms with van der Waals surface area (Å²) in [5, 5.41) is 11.4. The molecule has 3 heteroatoms. The molecule has 0 aromatic rings. The standard InChI is InChI=1S/C17H33NO2/c1-4-14-6-8-16(13-18,9-7-14)17(19)10-11-20-15(3,5-2)12-17/h14,19H,4-13,18H2,1-3H3. The first-order chi connectivity index (χ1) is 9.42. The van der Waals surface area contributed by atoms with Gasteiger partial charge >= 0.3 is 0 Å². The quantitative estimate of drug-likeness (QED) is 0.833. The van der Waals surface area contributed by atoms with E-state index in [2.05, 4.69) is 20.8 Å². The Hall–Kier alpha value is -0.120. The number of nitrogens with two attached hydrogens (primary N) is 1. The van der Waals surface area contributed by atoms with Crippen LogP contribution in [-0.2, 0) is 4.74 Å². The van der Waals surface area contributed by atoms with Crippen LogP contribution in [0.5, 0.6) is 0 Å². The fourth-order valence-electron chi connectivity index (χ4n) is 4.40. The molecule has 20 heavy (non-hydrogen) atoms. The van der Waals surface area contributed by atoms with Crippen LogP contribution >= 0.6 is 0 Å². The maximum atomic E-state index is 11.4. The van der Waals surface area contributed by atoms with E-state index in [1.807, 2.05) is 0 Å². The van der Waals surface area contributed by atoms with Crippen LogP contribution in [0, 0.1) is 11.3 Å². The monoisotopic (exact) mass is 283 g/mol. The minimum Gasteiger partial charge on any atom is -0.389 e. The van der Waals surface area contributed by atoms with Gasteiger partial charge in [0.1, 0.15) is 0 Å². The molecule has 2 atom stereocenters.